The van der Waals surface area contributed by atoms with Crippen molar-refractivity contribution in [3.63, 3.8) is 0 Å². The van der Waals surface area contributed by atoms with Gasteiger partial charge in [0.1, 0.15) is 0 Å². The van der Waals surface area contributed by atoms with E-state index < -0.39 is 0 Å². The van der Waals surface area contributed by atoms with Gasteiger partial charge in [-0.2, -0.15) is 0 Å². The van der Waals surface area contributed by atoms with E-state index in [1.807, 2.05) is 12.1 Å². The van der Waals surface area contributed by atoms with Gasteiger partial charge in [0.2, 0.25) is 0 Å². The van der Waals surface area contributed by atoms with Gasteiger partial charge >= 0.3 is 0 Å². The second kappa shape index (κ2) is 6.68. The van der Waals surface area contributed by atoms with E-state index in [0.717, 1.165) is 34.6 Å². The van der Waals surface area contributed by atoms with Crippen LogP contribution >= 0.6 is 27.3 Å². The number of hydrogen-bond acceptors (Lipinski definition) is 3. The average Bonchev–Trinajstić information content (AvgIpc) is 2.79. The molecule has 1 aliphatic heterocycles. The molecule has 5 heteroatoms. The number of carbonyl (C=O) groups is 1. The summed E-state index contributed by atoms with van der Waals surface area (Å²) >= 11 is 4.87. The number of thiophene rings is 1. The molecule has 0 saturated carbocycles. The van der Waals surface area contributed by atoms with Gasteiger partial charge in [-0.25, -0.2) is 0 Å². The first-order chi connectivity index (χ1) is 8.69. The van der Waals surface area contributed by atoms with Crippen LogP contribution in [0.25, 0.3) is 0 Å². The van der Waals surface area contributed by atoms with Crippen LogP contribution < -0.4 is 5.32 Å². The molecule has 0 atom stereocenters. The van der Waals surface area contributed by atoms with Gasteiger partial charge < -0.3 is 10.2 Å². The maximum atomic E-state index is 12.0. The summed E-state index contributed by atoms with van der Waals surface area (Å²) in [4.78, 5) is 15.3. The Labute approximate surface area is 121 Å². The van der Waals surface area contributed by atoms with Gasteiger partial charge in [0, 0.05) is 19.1 Å². The fourth-order valence-electron chi connectivity index (χ4n) is 2.31. The predicted molar refractivity (Wildman–Crippen MR) is 79.2 cm³/mol. The Hall–Kier alpha value is -0.390. The maximum absolute atomic E-state index is 12.0. The molecule has 0 radical (unpaired) electrons. The number of amides is 1. The molecular formula is C13H19BrN2OS. The third-order valence-corrected chi connectivity index (χ3v) is 4.88. The number of nitrogens with one attached hydrogen (secondary N) is 1. The summed E-state index contributed by atoms with van der Waals surface area (Å²) in [5.74, 6) is 0.0691. The van der Waals surface area contributed by atoms with Crippen LogP contribution in [0.4, 0.5) is 0 Å². The van der Waals surface area contributed by atoms with Crippen molar-refractivity contribution in [1.29, 1.82) is 0 Å². The summed E-state index contributed by atoms with van der Waals surface area (Å²) in [6.07, 6.45) is 3.34. The lowest BCUT2D eigenvalue weighted by Crippen LogP contribution is -2.44. The van der Waals surface area contributed by atoms with Crippen molar-refractivity contribution >= 4 is 33.2 Å². The van der Waals surface area contributed by atoms with Gasteiger partial charge in [0.25, 0.3) is 5.91 Å². The molecule has 0 unspecified atom stereocenters. The zero-order valence-electron chi connectivity index (χ0n) is 10.6. The first kappa shape index (κ1) is 14.0. The van der Waals surface area contributed by atoms with Crippen LogP contribution in [0.5, 0.6) is 0 Å². The van der Waals surface area contributed by atoms with Crippen LogP contribution in [0.1, 0.15) is 35.9 Å². The van der Waals surface area contributed by atoms with Gasteiger partial charge in [0.15, 0.2) is 0 Å². The van der Waals surface area contributed by atoms with Gasteiger partial charge in [0.05, 0.1) is 8.66 Å². The number of halogens is 1. The van der Waals surface area contributed by atoms with Gasteiger partial charge in [-0.05, 0) is 53.9 Å². The third kappa shape index (κ3) is 3.80. The summed E-state index contributed by atoms with van der Waals surface area (Å²) in [6, 6.07) is 4.13. The van der Waals surface area contributed by atoms with Crippen molar-refractivity contribution < 1.29 is 4.79 Å². The van der Waals surface area contributed by atoms with E-state index >= 15 is 0 Å². The van der Waals surface area contributed by atoms with E-state index in [1.54, 1.807) is 0 Å². The molecule has 100 valence electrons. The lowest BCUT2D eigenvalue weighted by molar-refractivity contribution is 0.0915. The smallest absolute Gasteiger partial charge is 0.261 e. The minimum absolute atomic E-state index is 0.0691. The molecule has 18 heavy (non-hydrogen) atoms. The van der Waals surface area contributed by atoms with Crippen LogP contribution in [-0.4, -0.2) is 36.5 Å². The molecular weight excluding hydrogens is 312 g/mol. The lowest BCUT2D eigenvalue weighted by Gasteiger charge is -2.31. The Morgan fingerprint density at radius 1 is 1.50 bits per heavy atom. The molecule has 0 aromatic carbocycles. The molecule has 1 saturated heterocycles. The van der Waals surface area contributed by atoms with Gasteiger partial charge in [-0.3, -0.25) is 4.79 Å². The van der Waals surface area contributed by atoms with Crippen LogP contribution in [0.3, 0.4) is 0 Å². The first-order valence-electron chi connectivity index (χ1n) is 6.47. The predicted octanol–water partition coefficient (Wildman–Crippen LogP) is 3.11. The summed E-state index contributed by atoms with van der Waals surface area (Å²) in [5.41, 5.74) is 0. The average molecular weight is 331 g/mol. The minimum Gasteiger partial charge on any atom is -0.349 e. The number of nitrogens with zero attached hydrogens (tertiary/aromatic N) is 1. The summed E-state index contributed by atoms with van der Waals surface area (Å²) in [7, 11) is 0. The minimum atomic E-state index is 0.0691. The van der Waals surface area contributed by atoms with E-state index in [1.165, 1.54) is 24.3 Å². The Kier molecular flexibility index (Phi) is 5.21. The Morgan fingerprint density at radius 3 is 2.78 bits per heavy atom. The van der Waals surface area contributed by atoms with E-state index in [2.05, 4.69) is 33.1 Å². The second-order valence-corrected chi connectivity index (χ2v) is 7.16. The van der Waals surface area contributed by atoms with Crippen molar-refractivity contribution in [2.45, 2.75) is 32.2 Å². The maximum Gasteiger partial charge on any atom is 0.261 e. The van der Waals surface area contributed by atoms with E-state index in [0.29, 0.717) is 6.04 Å². The second-order valence-electron chi connectivity index (χ2n) is 4.69. The number of likely N-dealkylation sites (tertiary alicyclic amines) is 1. The molecule has 0 aliphatic carbocycles. The molecule has 2 rings (SSSR count). The molecule has 2 heterocycles. The SMILES string of the molecule is CCCN1CCC(NC(=O)c2ccc(Br)s2)CC1. The van der Waals surface area contributed by atoms with Gasteiger partial charge in [-0.1, -0.05) is 6.92 Å². The molecule has 1 aromatic rings. The molecule has 0 spiro atoms. The van der Waals surface area contributed by atoms with Crippen molar-refractivity contribution in [2.24, 2.45) is 0 Å². The van der Waals surface area contributed by atoms with Crippen LogP contribution in [0, 0.1) is 0 Å². The standard InChI is InChI=1S/C13H19BrN2OS/c1-2-7-16-8-5-10(6-9-16)15-13(17)11-3-4-12(14)18-11/h3-4,10H,2,5-9H2,1H3,(H,15,17). The van der Waals surface area contributed by atoms with E-state index in [4.69, 9.17) is 0 Å². The topological polar surface area (TPSA) is 32.3 Å². The molecule has 0 bridgehead atoms. The monoisotopic (exact) mass is 330 g/mol. The molecule has 1 fully saturated rings. The zero-order chi connectivity index (χ0) is 13.0. The van der Waals surface area contributed by atoms with Crippen LogP contribution in [-0.2, 0) is 0 Å². The quantitative estimate of drug-likeness (QED) is 0.919. The summed E-state index contributed by atoms with van der Waals surface area (Å²) in [6.45, 7) is 5.60. The van der Waals surface area contributed by atoms with Gasteiger partial charge in [-0.15, -0.1) is 11.3 Å². The van der Waals surface area contributed by atoms with Crippen molar-refractivity contribution in [3.8, 4) is 0 Å². The Bertz CT molecular complexity index is 399. The van der Waals surface area contributed by atoms with Crippen molar-refractivity contribution in [1.82, 2.24) is 10.2 Å². The highest BCUT2D eigenvalue weighted by Gasteiger charge is 2.21. The fourth-order valence-corrected chi connectivity index (χ4v) is 3.60. The first-order valence-corrected chi connectivity index (χ1v) is 8.08. The molecule has 1 N–H and O–H groups in total. The van der Waals surface area contributed by atoms with E-state index in [9.17, 15) is 4.79 Å². The number of carbonyl (C=O) groups excluding carboxylic acids is 1. The summed E-state index contributed by atoms with van der Waals surface area (Å²) < 4.78 is 1.01. The lowest BCUT2D eigenvalue weighted by atomic mass is 10.0. The highest BCUT2D eigenvalue weighted by atomic mass is 79.9. The third-order valence-electron chi connectivity index (χ3n) is 3.26. The van der Waals surface area contributed by atoms with Crippen molar-refractivity contribution in [2.75, 3.05) is 19.6 Å². The molecule has 1 aliphatic rings. The van der Waals surface area contributed by atoms with Crippen LogP contribution in [0.2, 0.25) is 0 Å². The van der Waals surface area contributed by atoms with Crippen LogP contribution in [0.15, 0.2) is 15.9 Å². The Balaban J connectivity index is 1.79. The largest absolute Gasteiger partial charge is 0.349 e. The number of hydrogen-bond donors (Lipinski definition) is 1. The fraction of sp³-hybridized carbons (Fsp3) is 0.615. The van der Waals surface area contributed by atoms with Crippen molar-refractivity contribution in [3.05, 3.63) is 20.8 Å². The normalized spacial score (nSPS) is 17.9. The number of piperidine rings is 1. The zero-order valence-corrected chi connectivity index (χ0v) is 13.0. The number of rotatable bonds is 4. The highest BCUT2D eigenvalue weighted by Crippen LogP contribution is 2.22. The summed E-state index contributed by atoms with van der Waals surface area (Å²) in [5, 5.41) is 3.14. The molecule has 1 aromatic heterocycles. The van der Waals surface area contributed by atoms with E-state index in [-0.39, 0.29) is 5.91 Å². The highest BCUT2D eigenvalue weighted by molar-refractivity contribution is 9.11. The Morgan fingerprint density at radius 2 is 2.22 bits per heavy atom. The molecule has 1 amide bonds. The molecule has 3 nitrogen and oxygen atoms in total.